The Balaban J connectivity index is 1.70. The van der Waals surface area contributed by atoms with E-state index < -0.39 is 6.10 Å². The normalized spacial score (nSPS) is 16.7. The molecule has 2 rings (SSSR count). The van der Waals surface area contributed by atoms with Crippen molar-refractivity contribution in [2.24, 2.45) is 0 Å². The van der Waals surface area contributed by atoms with Crippen LogP contribution >= 0.6 is 0 Å². The van der Waals surface area contributed by atoms with Crippen molar-refractivity contribution in [2.75, 3.05) is 64.9 Å². The van der Waals surface area contributed by atoms with E-state index in [1.807, 2.05) is 0 Å². The molecule has 140 valence electrons. The minimum atomic E-state index is -0.628. The number of aryl methyl sites for hydroxylation is 1. The second-order valence-corrected chi connectivity index (χ2v) is 6.80. The van der Waals surface area contributed by atoms with Crippen LogP contribution in [0.3, 0.4) is 0 Å². The lowest BCUT2D eigenvalue weighted by Crippen LogP contribution is -2.47. The number of piperazine rings is 1. The van der Waals surface area contributed by atoms with Gasteiger partial charge in [-0.3, -0.25) is 9.69 Å². The average Bonchev–Trinajstić information content (AvgIpc) is 2.60. The summed E-state index contributed by atoms with van der Waals surface area (Å²) in [6.07, 6.45) is -0.141. The van der Waals surface area contributed by atoms with Crippen molar-refractivity contribution in [1.29, 1.82) is 0 Å². The number of amides is 1. The Morgan fingerprint density at radius 3 is 2.68 bits per heavy atom. The number of benzene rings is 1. The molecule has 1 aromatic rings. The summed E-state index contributed by atoms with van der Waals surface area (Å²) >= 11 is 0. The lowest BCUT2D eigenvalue weighted by Gasteiger charge is -2.36. The van der Waals surface area contributed by atoms with Crippen LogP contribution in [0.15, 0.2) is 24.3 Å². The largest absolute Gasteiger partial charge is 0.389 e. The molecule has 0 radical (unpaired) electrons. The Bertz CT molecular complexity index is 544. The van der Waals surface area contributed by atoms with Gasteiger partial charge in [0.2, 0.25) is 5.91 Å². The third-order valence-corrected chi connectivity index (χ3v) is 4.65. The highest BCUT2D eigenvalue weighted by Crippen LogP contribution is 2.17. The lowest BCUT2D eigenvalue weighted by molar-refractivity contribution is -0.131. The number of methoxy groups -OCH3 is 1. The molecule has 1 fully saturated rings. The van der Waals surface area contributed by atoms with Crippen molar-refractivity contribution in [3.8, 4) is 0 Å². The quantitative estimate of drug-likeness (QED) is 0.758. The van der Waals surface area contributed by atoms with E-state index in [9.17, 15) is 9.90 Å². The first-order valence-electron chi connectivity index (χ1n) is 8.94. The Kier molecular flexibility index (Phi) is 7.68. The van der Waals surface area contributed by atoms with Crippen molar-refractivity contribution in [1.82, 2.24) is 9.80 Å². The highest BCUT2D eigenvalue weighted by molar-refractivity contribution is 5.76. The predicted molar refractivity (Wildman–Crippen MR) is 100.0 cm³/mol. The number of aliphatic hydroxyl groups is 1. The molecule has 1 aromatic carbocycles. The van der Waals surface area contributed by atoms with Crippen LogP contribution < -0.4 is 4.90 Å². The number of aliphatic hydroxyl groups excluding tert-OH is 1. The van der Waals surface area contributed by atoms with E-state index in [2.05, 4.69) is 41.0 Å². The molecule has 6 nitrogen and oxygen atoms in total. The maximum atomic E-state index is 12.2. The van der Waals surface area contributed by atoms with Gasteiger partial charge in [0.15, 0.2) is 0 Å². The number of anilines is 1. The van der Waals surface area contributed by atoms with Crippen molar-refractivity contribution >= 4 is 11.6 Å². The molecule has 0 spiro atoms. The van der Waals surface area contributed by atoms with Gasteiger partial charge in [0.05, 0.1) is 12.7 Å². The number of likely N-dealkylation sites (N-methyl/N-ethyl adjacent to an activating group) is 1. The average molecular weight is 349 g/mol. The summed E-state index contributed by atoms with van der Waals surface area (Å²) in [4.78, 5) is 18.5. The zero-order valence-corrected chi connectivity index (χ0v) is 15.6. The third kappa shape index (κ3) is 6.30. The minimum Gasteiger partial charge on any atom is -0.389 e. The SMILES string of the molecule is COC[C@@H](O)CN(C)C(=O)CCN1CCN(c2cccc(C)c2)CC1. The fourth-order valence-electron chi connectivity index (χ4n) is 3.16. The van der Waals surface area contributed by atoms with Gasteiger partial charge >= 0.3 is 0 Å². The molecule has 1 aliphatic heterocycles. The van der Waals surface area contributed by atoms with Crippen LogP contribution in [0.4, 0.5) is 5.69 Å². The second kappa shape index (κ2) is 9.75. The second-order valence-electron chi connectivity index (χ2n) is 6.80. The maximum Gasteiger partial charge on any atom is 0.223 e. The fourth-order valence-corrected chi connectivity index (χ4v) is 3.16. The first-order valence-corrected chi connectivity index (χ1v) is 8.94. The van der Waals surface area contributed by atoms with Gasteiger partial charge < -0.3 is 19.6 Å². The zero-order chi connectivity index (χ0) is 18.2. The Morgan fingerprint density at radius 1 is 1.32 bits per heavy atom. The smallest absolute Gasteiger partial charge is 0.223 e. The van der Waals surface area contributed by atoms with Crippen LogP contribution in [0.5, 0.6) is 0 Å². The van der Waals surface area contributed by atoms with Gasteiger partial charge in [-0.25, -0.2) is 0 Å². The van der Waals surface area contributed by atoms with E-state index >= 15 is 0 Å². The molecule has 0 aromatic heterocycles. The molecule has 1 N–H and O–H groups in total. The molecule has 6 heteroatoms. The molecule has 0 bridgehead atoms. The molecular formula is C19H31N3O3. The first-order chi connectivity index (χ1) is 12.0. The summed E-state index contributed by atoms with van der Waals surface area (Å²) in [7, 11) is 3.28. The van der Waals surface area contributed by atoms with E-state index in [-0.39, 0.29) is 12.5 Å². The molecule has 1 atom stereocenters. The summed E-state index contributed by atoms with van der Waals surface area (Å²) in [6, 6.07) is 8.60. The van der Waals surface area contributed by atoms with E-state index in [0.29, 0.717) is 13.0 Å². The van der Waals surface area contributed by atoms with Gasteiger partial charge in [-0.1, -0.05) is 12.1 Å². The molecule has 0 saturated carbocycles. The van der Waals surface area contributed by atoms with E-state index in [1.54, 1.807) is 19.1 Å². The number of nitrogens with zero attached hydrogens (tertiary/aromatic N) is 3. The number of ether oxygens (including phenoxy) is 1. The molecule has 1 amide bonds. The van der Waals surface area contributed by atoms with Gasteiger partial charge in [0.1, 0.15) is 0 Å². The topological polar surface area (TPSA) is 56.3 Å². The molecule has 1 heterocycles. The molecule has 1 saturated heterocycles. The van der Waals surface area contributed by atoms with Gasteiger partial charge in [-0.05, 0) is 24.6 Å². The van der Waals surface area contributed by atoms with Gasteiger partial charge in [0.25, 0.3) is 0 Å². The van der Waals surface area contributed by atoms with Gasteiger partial charge in [-0.2, -0.15) is 0 Å². The van der Waals surface area contributed by atoms with E-state index in [0.717, 1.165) is 32.7 Å². The third-order valence-electron chi connectivity index (χ3n) is 4.65. The van der Waals surface area contributed by atoms with Crippen LogP contribution in [0, 0.1) is 6.92 Å². The van der Waals surface area contributed by atoms with E-state index in [4.69, 9.17) is 4.74 Å². The molecule has 0 aliphatic carbocycles. The Morgan fingerprint density at radius 2 is 2.04 bits per heavy atom. The lowest BCUT2D eigenvalue weighted by atomic mass is 10.2. The summed E-state index contributed by atoms with van der Waals surface area (Å²) in [5, 5.41) is 9.71. The number of rotatable bonds is 8. The van der Waals surface area contributed by atoms with Crippen molar-refractivity contribution in [3.05, 3.63) is 29.8 Å². The van der Waals surface area contributed by atoms with Crippen molar-refractivity contribution in [3.63, 3.8) is 0 Å². The van der Waals surface area contributed by atoms with Crippen LogP contribution in [0.2, 0.25) is 0 Å². The first kappa shape index (κ1) is 19.7. The zero-order valence-electron chi connectivity index (χ0n) is 15.6. The molecule has 0 unspecified atom stereocenters. The van der Waals surface area contributed by atoms with Crippen LogP contribution in [0.25, 0.3) is 0 Å². The van der Waals surface area contributed by atoms with Crippen molar-refractivity contribution in [2.45, 2.75) is 19.4 Å². The Labute approximate surface area is 151 Å². The highest BCUT2D eigenvalue weighted by atomic mass is 16.5. The maximum absolute atomic E-state index is 12.2. The number of hydrogen-bond donors (Lipinski definition) is 1. The van der Waals surface area contributed by atoms with Crippen LogP contribution in [-0.2, 0) is 9.53 Å². The standard InChI is InChI=1S/C19H31N3O3/c1-16-5-4-6-17(13-16)22-11-9-21(10-12-22)8-7-19(24)20(2)14-18(23)15-25-3/h4-6,13,18,23H,7-12,14-15H2,1-3H3/t18-/m0/s1. The number of carbonyl (C=O) groups excluding carboxylic acids is 1. The summed E-state index contributed by atoms with van der Waals surface area (Å²) < 4.78 is 4.89. The summed E-state index contributed by atoms with van der Waals surface area (Å²) in [6.45, 7) is 7.36. The summed E-state index contributed by atoms with van der Waals surface area (Å²) in [5.41, 5.74) is 2.56. The number of carbonyl (C=O) groups is 1. The van der Waals surface area contributed by atoms with Gasteiger partial charge in [0, 0.05) is 65.5 Å². The minimum absolute atomic E-state index is 0.0660. The molecule has 25 heavy (non-hydrogen) atoms. The number of hydrogen-bond acceptors (Lipinski definition) is 5. The summed E-state index contributed by atoms with van der Waals surface area (Å²) in [5.74, 6) is 0.0660. The molecular weight excluding hydrogens is 318 g/mol. The molecule has 1 aliphatic rings. The fraction of sp³-hybridized carbons (Fsp3) is 0.632. The van der Waals surface area contributed by atoms with Crippen molar-refractivity contribution < 1.29 is 14.6 Å². The monoisotopic (exact) mass is 349 g/mol. The predicted octanol–water partition coefficient (Wildman–Crippen LogP) is 0.973. The van der Waals surface area contributed by atoms with Gasteiger partial charge in [-0.15, -0.1) is 0 Å². The Hall–Kier alpha value is -1.63. The van der Waals surface area contributed by atoms with Crippen LogP contribution in [-0.4, -0.2) is 87.0 Å². The van der Waals surface area contributed by atoms with Crippen LogP contribution in [0.1, 0.15) is 12.0 Å². The van der Waals surface area contributed by atoms with E-state index in [1.165, 1.54) is 11.3 Å². The highest BCUT2D eigenvalue weighted by Gasteiger charge is 2.19.